The predicted octanol–water partition coefficient (Wildman–Crippen LogP) is 6.01. The molecule has 0 aliphatic heterocycles. The molecule has 0 unspecified atom stereocenters. The van der Waals surface area contributed by atoms with E-state index in [1.807, 2.05) is 11.8 Å². The van der Waals surface area contributed by atoms with Crippen molar-refractivity contribution in [1.29, 1.82) is 0 Å². The van der Waals surface area contributed by atoms with Crippen LogP contribution in [0.15, 0.2) is 12.2 Å². The largest absolute Gasteiger partial charge is 0.481 e. The van der Waals surface area contributed by atoms with Gasteiger partial charge in [-0.25, -0.2) is 4.79 Å². The third-order valence-electron chi connectivity index (χ3n) is 5.35. The Morgan fingerprint density at radius 3 is 2.06 bits per heavy atom. The van der Waals surface area contributed by atoms with E-state index >= 15 is 0 Å². The summed E-state index contributed by atoms with van der Waals surface area (Å²) in [7, 11) is 1.44. The lowest BCUT2D eigenvalue weighted by atomic mass is 9.83. The number of aliphatic carboxylic acids is 1. The van der Waals surface area contributed by atoms with Crippen molar-refractivity contribution in [2.45, 2.75) is 110 Å². The predicted molar refractivity (Wildman–Crippen MR) is 137 cm³/mol. The zero-order valence-corrected chi connectivity index (χ0v) is 22.4. The Morgan fingerprint density at radius 2 is 1.55 bits per heavy atom. The zero-order valence-electron chi connectivity index (χ0n) is 21.6. The molecule has 0 saturated carbocycles. The van der Waals surface area contributed by atoms with Gasteiger partial charge in [-0.3, -0.25) is 4.79 Å². The first-order chi connectivity index (χ1) is 15.6. The number of carboxylic acid groups (broad SMARTS) is 1. The van der Waals surface area contributed by atoms with Crippen LogP contribution in [0.2, 0.25) is 0 Å². The molecule has 0 aliphatic rings. The summed E-state index contributed by atoms with van der Waals surface area (Å²) in [6.07, 6.45) is 14.8. The highest BCUT2D eigenvalue weighted by Gasteiger charge is 2.48. The first kappa shape index (κ1) is 31.9. The topological polar surface area (TPSA) is 93.1 Å². The molecule has 194 valence electrons. The second-order valence-electron chi connectivity index (χ2n) is 9.64. The Hall–Kier alpha value is -1.05. The van der Waals surface area contributed by atoms with Gasteiger partial charge in [0.15, 0.2) is 5.60 Å². The van der Waals surface area contributed by atoms with Crippen molar-refractivity contribution < 1.29 is 29.3 Å². The van der Waals surface area contributed by atoms with Crippen molar-refractivity contribution in [2.75, 3.05) is 25.2 Å². The summed E-state index contributed by atoms with van der Waals surface area (Å²) >= 11 is 2.04. The van der Waals surface area contributed by atoms with Crippen LogP contribution < -0.4 is 0 Å². The number of hydrogen-bond donors (Lipinski definition) is 2. The van der Waals surface area contributed by atoms with Crippen LogP contribution in [0.1, 0.15) is 98.3 Å². The van der Waals surface area contributed by atoms with Crippen LogP contribution in [0, 0.1) is 5.92 Å². The minimum absolute atomic E-state index is 0.0457. The highest BCUT2D eigenvalue weighted by atomic mass is 32.2. The number of carboxylic acids is 1. The highest BCUT2D eigenvalue weighted by molar-refractivity contribution is 7.99. The molecule has 0 saturated heterocycles. The van der Waals surface area contributed by atoms with Crippen LogP contribution in [0.3, 0.4) is 0 Å². The SMILES string of the molecule is CCCCCCCSCCCCCCC=C[C@H](C(=O)O)[C@@](O)(CCOC)C(=O)OC(C)(C)C. The number of carbonyl (C=O) groups excluding carboxylic acids is 1. The number of unbranched alkanes of at least 4 members (excludes halogenated alkanes) is 8. The van der Waals surface area contributed by atoms with E-state index in [1.165, 1.54) is 63.2 Å². The molecule has 0 heterocycles. The summed E-state index contributed by atoms with van der Waals surface area (Å²) in [5.41, 5.74) is -3.02. The molecule has 0 aliphatic carbocycles. The lowest BCUT2D eigenvalue weighted by Gasteiger charge is -2.33. The van der Waals surface area contributed by atoms with Crippen molar-refractivity contribution in [3.63, 3.8) is 0 Å². The van der Waals surface area contributed by atoms with Crippen LogP contribution in [0.5, 0.6) is 0 Å². The van der Waals surface area contributed by atoms with Gasteiger partial charge in [0.25, 0.3) is 0 Å². The van der Waals surface area contributed by atoms with Gasteiger partial charge in [-0.1, -0.05) is 57.6 Å². The number of carbonyl (C=O) groups is 2. The van der Waals surface area contributed by atoms with E-state index in [0.29, 0.717) is 6.42 Å². The lowest BCUT2D eigenvalue weighted by molar-refractivity contribution is -0.188. The van der Waals surface area contributed by atoms with E-state index in [0.717, 1.165) is 19.3 Å². The maximum atomic E-state index is 12.7. The van der Waals surface area contributed by atoms with E-state index in [4.69, 9.17) is 9.47 Å². The fourth-order valence-electron chi connectivity index (χ4n) is 3.42. The van der Waals surface area contributed by atoms with E-state index in [1.54, 1.807) is 26.8 Å². The molecule has 6 nitrogen and oxygen atoms in total. The average molecular weight is 489 g/mol. The number of rotatable bonds is 20. The number of esters is 1. The van der Waals surface area contributed by atoms with E-state index < -0.39 is 29.1 Å². The van der Waals surface area contributed by atoms with Crippen molar-refractivity contribution in [1.82, 2.24) is 0 Å². The van der Waals surface area contributed by atoms with Crippen molar-refractivity contribution >= 4 is 23.7 Å². The van der Waals surface area contributed by atoms with Crippen LogP contribution in [0.25, 0.3) is 0 Å². The van der Waals surface area contributed by atoms with Gasteiger partial charge in [-0.05, 0) is 58.0 Å². The number of ether oxygens (including phenoxy) is 2. The first-order valence-electron chi connectivity index (χ1n) is 12.5. The van der Waals surface area contributed by atoms with Crippen LogP contribution in [-0.2, 0) is 19.1 Å². The summed E-state index contributed by atoms with van der Waals surface area (Å²) < 4.78 is 10.3. The van der Waals surface area contributed by atoms with E-state index in [-0.39, 0.29) is 13.0 Å². The lowest BCUT2D eigenvalue weighted by Crippen LogP contribution is -2.52. The standard InChI is InChI=1S/C26H48O6S/c1-6-7-8-12-15-20-33-21-16-13-10-9-11-14-17-22(23(27)28)26(30,18-19-31-5)24(29)32-25(2,3)4/h14,17,22,30H,6-13,15-16,18-21H2,1-5H3,(H,27,28)/t22-,26+/m1/s1. The van der Waals surface area contributed by atoms with Gasteiger partial charge in [0.2, 0.25) is 0 Å². The highest BCUT2D eigenvalue weighted by Crippen LogP contribution is 2.28. The monoisotopic (exact) mass is 488 g/mol. The maximum Gasteiger partial charge on any atom is 0.339 e. The summed E-state index contributed by atoms with van der Waals surface area (Å²) in [5, 5.41) is 20.7. The Labute approximate surface area is 205 Å². The number of hydrogen-bond acceptors (Lipinski definition) is 6. The third kappa shape index (κ3) is 15.5. The van der Waals surface area contributed by atoms with Gasteiger partial charge in [0, 0.05) is 20.1 Å². The number of thioether (sulfide) groups is 1. The first-order valence-corrected chi connectivity index (χ1v) is 13.7. The van der Waals surface area contributed by atoms with E-state index in [2.05, 4.69) is 6.92 Å². The van der Waals surface area contributed by atoms with Gasteiger partial charge < -0.3 is 19.7 Å². The summed E-state index contributed by atoms with van der Waals surface area (Å²) in [4.78, 5) is 24.5. The minimum Gasteiger partial charge on any atom is -0.481 e. The molecule has 2 atom stereocenters. The second-order valence-corrected chi connectivity index (χ2v) is 10.9. The van der Waals surface area contributed by atoms with Crippen LogP contribution in [-0.4, -0.2) is 58.6 Å². The quantitative estimate of drug-likeness (QED) is 0.123. The van der Waals surface area contributed by atoms with Gasteiger partial charge in [-0.2, -0.15) is 11.8 Å². The molecule has 33 heavy (non-hydrogen) atoms. The Kier molecular flexibility index (Phi) is 17.7. The minimum atomic E-state index is -2.18. The Morgan fingerprint density at radius 1 is 0.970 bits per heavy atom. The second kappa shape index (κ2) is 18.3. The van der Waals surface area contributed by atoms with Crippen molar-refractivity contribution in [3.8, 4) is 0 Å². The van der Waals surface area contributed by atoms with Gasteiger partial charge in [-0.15, -0.1) is 0 Å². The molecule has 0 aromatic carbocycles. The van der Waals surface area contributed by atoms with Gasteiger partial charge in [0.05, 0.1) is 0 Å². The molecule has 0 radical (unpaired) electrons. The number of allylic oxidation sites excluding steroid dienone is 1. The molecule has 0 spiro atoms. The number of methoxy groups -OCH3 is 1. The molecular weight excluding hydrogens is 440 g/mol. The molecule has 7 heteroatoms. The summed E-state index contributed by atoms with van der Waals surface area (Å²) in [6.45, 7) is 7.32. The van der Waals surface area contributed by atoms with Crippen molar-refractivity contribution in [3.05, 3.63) is 12.2 Å². The fraction of sp³-hybridized carbons (Fsp3) is 0.846. The third-order valence-corrected chi connectivity index (χ3v) is 6.51. The average Bonchev–Trinajstić information content (AvgIpc) is 2.73. The van der Waals surface area contributed by atoms with Crippen LogP contribution >= 0.6 is 11.8 Å². The molecule has 0 rings (SSSR count). The van der Waals surface area contributed by atoms with Crippen molar-refractivity contribution in [2.24, 2.45) is 5.92 Å². The zero-order chi connectivity index (χ0) is 25.2. The smallest absolute Gasteiger partial charge is 0.339 e. The Bertz CT molecular complexity index is 557. The maximum absolute atomic E-state index is 12.7. The molecule has 2 N–H and O–H groups in total. The summed E-state index contributed by atoms with van der Waals surface area (Å²) in [6, 6.07) is 0. The molecule has 0 aromatic rings. The van der Waals surface area contributed by atoms with Gasteiger partial charge >= 0.3 is 11.9 Å². The van der Waals surface area contributed by atoms with Gasteiger partial charge in [0.1, 0.15) is 11.5 Å². The molecular formula is C26H48O6S. The normalized spacial score (nSPS) is 14.8. The molecule has 0 bridgehead atoms. The fourth-order valence-corrected chi connectivity index (χ4v) is 4.44. The Balaban J connectivity index is 4.45. The molecule has 0 fully saturated rings. The van der Waals surface area contributed by atoms with E-state index in [9.17, 15) is 19.8 Å². The molecule has 0 amide bonds. The number of aliphatic hydroxyl groups is 1. The summed E-state index contributed by atoms with van der Waals surface area (Å²) in [5.74, 6) is -1.13. The molecule has 0 aromatic heterocycles. The van der Waals surface area contributed by atoms with Crippen LogP contribution in [0.4, 0.5) is 0 Å².